The molecule has 1 aromatic heterocycles. The number of hydrogen-bond donors (Lipinski definition) is 0. The van der Waals surface area contributed by atoms with Crippen LogP contribution in [0.25, 0.3) is 0 Å². The Labute approximate surface area is 108 Å². The molecule has 17 heavy (non-hydrogen) atoms. The summed E-state index contributed by atoms with van der Waals surface area (Å²) in [5.74, 6) is 0. The lowest BCUT2D eigenvalue weighted by atomic mass is 10.3. The van der Waals surface area contributed by atoms with Gasteiger partial charge >= 0.3 is 0 Å². The van der Waals surface area contributed by atoms with Gasteiger partial charge in [-0.2, -0.15) is 9.57 Å². The fraction of sp³-hybridized carbons (Fsp3) is 0.625. The molecule has 1 aromatic rings. The highest BCUT2D eigenvalue weighted by molar-refractivity contribution is 9.10. The Morgan fingerprint density at radius 2 is 2.24 bits per heavy atom. The third kappa shape index (κ3) is 2.65. The molecule has 0 saturated carbocycles. The lowest BCUT2D eigenvalue weighted by molar-refractivity contribution is 0.388. The summed E-state index contributed by atoms with van der Waals surface area (Å²) >= 11 is 3.04. The molecule has 0 bridgehead atoms. The second-order valence-corrected chi connectivity index (χ2v) is 6.21. The van der Waals surface area contributed by atoms with Crippen LogP contribution in [0.4, 0.5) is 0 Å². The first-order valence-electron chi connectivity index (χ1n) is 4.72. The monoisotopic (exact) mass is 321 g/mol. The molecule has 0 saturated heterocycles. The van der Waals surface area contributed by atoms with Crippen molar-refractivity contribution >= 4 is 26.0 Å². The minimum absolute atomic E-state index is 0.0233. The average molecular weight is 322 g/mol. The largest absolute Gasteiger partial charge is 0.263 e. The van der Waals surface area contributed by atoms with Crippen LogP contribution in [0.1, 0.15) is 13.3 Å². The Balaban J connectivity index is 3.17. The smallest absolute Gasteiger partial charge is 0.235 e. The van der Waals surface area contributed by atoms with Crippen molar-refractivity contribution in [3.05, 3.63) is 4.60 Å². The van der Waals surface area contributed by atoms with Gasteiger partial charge in [0.15, 0.2) is 4.60 Å². The molecule has 0 radical (unpaired) electrons. The van der Waals surface area contributed by atoms with Gasteiger partial charge in [0.1, 0.15) is 0 Å². The number of aromatic nitrogens is 3. The molecular formula is C8H12BrN5O2S. The molecule has 1 atom stereocenters. The van der Waals surface area contributed by atoms with Gasteiger partial charge in [0.25, 0.3) is 10.0 Å². The molecule has 0 amide bonds. The normalized spacial score (nSPS) is 13.6. The van der Waals surface area contributed by atoms with Gasteiger partial charge in [0.2, 0.25) is 5.03 Å². The molecule has 0 aliphatic carbocycles. The van der Waals surface area contributed by atoms with E-state index in [4.69, 9.17) is 5.26 Å². The summed E-state index contributed by atoms with van der Waals surface area (Å²) in [6, 6.07) is 1.53. The van der Waals surface area contributed by atoms with Crippen LogP contribution in [0.3, 0.4) is 0 Å². The Kier molecular flexibility index (Phi) is 4.24. The van der Waals surface area contributed by atoms with Crippen LogP contribution in [0, 0.1) is 11.3 Å². The molecule has 0 N–H and O–H groups in total. The highest BCUT2D eigenvalue weighted by Gasteiger charge is 2.31. The maximum atomic E-state index is 12.2. The van der Waals surface area contributed by atoms with Crippen molar-refractivity contribution < 1.29 is 8.42 Å². The fourth-order valence-electron chi connectivity index (χ4n) is 1.23. The van der Waals surface area contributed by atoms with E-state index in [1.54, 1.807) is 6.92 Å². The van der Waals surface area contributed by atoms with Gasteiger partial charge in [-0.25, -0.2) is 13.1 Å². The Morgan fingerprint density at radius 1 is 1.65 bits per heavy atom. The molecule has 0 aliphatic heterocycles. The SMILES string of the molecule is CC(CC#N)N(C)S(=O)(=O)c1c(Br)nnn1C. The number of nitrogens with zero attached hydrogens (tertiary/aromatic N) is 5. The van der Waals surface area contributed by atoms with Gasteiger partial charge in [0, 0.05) is 20.1 Å². The molecule has 0 aliphatic rings. The lowest BCUT2D eigenvalue weighted by Crippen LogP contribution is -2.36. The molecule has 0 fully saturated rings. The zero-order valence-electron chi connectivity index (χ0n) is 9.62. The van der Waals surface area contributed by atoms with Gasteiger partial charge in [-0.15, -0.1) is 5.10 Å². The first-order chi connectivity index (χ1) is 7.82. The van der Waals surface area contributed by atoms with Crippen molar-refractivity contribution in [2.45, 2.75) is 24.4 Å². The van der Waals surface area contributed by atoms with Gasteiger partial charge in [0.05, 0.1) is 12.5 Å². The van der Waals surface area contributed by atoms with Crippen LogP contribution in [-0.2, 0) is 17.1 Å². The minimum atomic E-state index is -3.71. The average Bonchev–Trinajstić information content (AvgIpc) is 2.58. The number of rotatable bonds is 4. The number of hydrogen-bond acceptors (Lipinski definition) is 5. The maximum absolute atomic E-state index is 12.2. The molecule has 1 rings (SSSR count). The molecule has 9 heteroatoms. The highest BCUT2D eigenvalue weighted by atomic mass is 79.9. The van der Waals surface area contributed by atoms with E-state index in [1.165, 1.54) is 18.8 Å². The standard InChI is InChI=1S/C8H12BrN5O2S/c1-6(4-5-10)14(3)17(15,16)8-7(9)11-12-13(8)2/h6H,4H2,1-3H3. The van der Waals surface area contributed by atoms with E-state index in [2.05, 4.69) is 26.2 Å². The number of halogens is 1. The van der Waals surface area contributed by atoms with E-state index in [9.17, 15) is 8.42 Å². The van der Waals surface area contributed by atoms with E-state index in [1.807, 2.05) is 6.07 Å². The van der Waals surface area contributed by atoms with Crippen molar-refractivity contribution in [1.29, 1.82) is 5.26 Å². The van der Waals surface area contributed by atoms with Crippen LogP contribution in [0.2, 0.25) is 0 Å². The molecule has 0 aromatic carbocycles. The quantitative estimate of drug-likeness (QED) is 0.805. The van der Waals surface area contributed by atoms with Crippen LogP contribution in [0.15, 0.2) is 9.63 Å². The van der Waals surface area contributed by atoms with E-state index < -0.39 is 16.1 Å². The summed E-state index contributed by atoms with van der Waals surface area (Å²) in [5, 5.41) is 15.8. The number of sulfonamides is 1. The van der Waals surface area contributed by atoms with Gasteiger partial charge < -0.3 is 0 Å². The molecular weight excluding hydrogens is 310 g/mol. The van der Waals surface area contributed by atoms with E-state index >= 15 is 0 Å². The summed E-state index contributed by atoms with van der Waals surface area (Å²) in [6.07, 6.45) is 0.124. The van der Waals surface area contributed by atoms with Crippen LogP contribution in [-0.4, -0.2) is 40.8 Å². The number of nitriles is 1. The van der Waals surface area contributed by atoms with Crippen molar-refractivity contribution in [2.24, 2.45) is 7.05 Å². The van der Waals surface area contributed by atoms with E-state index in [0.29, 0.717) is 0 Å². The van der Waals surface area contributed by atoms with Gasteiger partial charge in [-0.05, 0) is 22.9 Å². The molecule has 1 heterocycles. The maximum Gasteiger partial charge on any atom is 0.263 e. The van der Waals surface area contributed by atoms with Crippen molar-refractivity contribution in [3.8, 4) is 6.07 Å². The van der Waals surface area contributed by atoms with Crippen molar-refractivity contribution in [3.63, 3.8) is 0 Å². The second-order valence-electron chi connectivity index (χ2n) is 3.54. The second kappa shape index (κ2) is 5.12. The molecule has 7 nitrogen and oxygen atoms in total. The number of aryl methyl sites for hydroxylation is 1. The van der Waals surface area contributed by atoms with Gasteiger partial charge in [-0.1, -0.05) is 5.21 Å². The topological polar surface area (TPSA) is 91.9 Å². The first-order valence-corrected chi connectivity index (χ1v) is 6.95. The van der Waals surface area contributed by atoms with Crippen LogP contribution >= 0.6 is 15.9 Å². The highest BCUT2D eigenvalue weighted by Crippen LogP contribution is 2.23. The third-order valence-electron chi connectivity index (χ3n) is 2.37. The van der Waals surface area contributed by atoms with E-state index in [0.717, 1.165) is 4.31 Å². The van der Waals surface area contributed by atoms with Crippen LogP contribution in [0.5, 0.6) is 0 Å². The first kappa shape index (κ1) is 14.1. The fourth-order valence-corrected chi connectivity index (χ4v) is 3.62. The summed E-state index contributed by atoms with van der Waals surface area (Å²) in [7, 11) is -0.784. The lowest BCUT2D eigenvalue weighted by Gasteiger charge is -2.21. The van der Waals surface area contributed by atoms with Crippen molar-refractivity contribution in [2.75, 3.05) is 7.05 Å². The van der Waals surface area contributed by atoms with E-state index in [-0.39, 0.29) is 16.0 Å². The minimum Gasteiger partial charge on any atom is -0.235 e. The Bertz CT molecular complexity index is 527. The van der Waals surface area contributed by atoms with Crippen LogP contribution < -0.4 is 0 Å². The summed E-state index contributed by atoms with van der Waals surface area (Å²) in [4.78, 5) is 0. The summed E-state index contributed by atoms with van der Waals surface area (Å²) < 4.78 is 27.0. The molecule has 0 spiro atoms. The zero-order chi connectivity index (χ0) is 13.2. The predicted molar refractivity (Wildman–Crippen MR) is 63.3 cm³/mol. The predicted octanol–water partition coefficient (Wildman–Crippen LogP) is 0.500. The molecule has 94 valence electrons. The third-order valence-corrected chi connectivity index (χ3v) is 5.23. The van der Waals surface area contributed by atoms with Crippen molar-refractivity contribution in [1.82, 2.24) is 19.3 Å². The Hall–Kier alpha value is -0.980. The summed E-state index contributed by atoms with van der Waals surface area (Å²) in [5.41, 5.74) is 0. The summed E-state index contributed by atoms with van der Waals surface area (Å²) in [6.45, 7) is 1.67. The molecule has 1 unspecified atom stereocenters. The Morgan fingerprint density at radius 3 is 2.65 bits per heavy atom. The zero-order valence-corrected chi connectivity index (χ0v) is 12.0. The van der Waals surface area contributed by atoms with Gasteiger partial charge in [-0.3, -0.25) is 0 Å².